The Hall–Kier alpha value is -2.31. The zero-order valence-electron chi connectivity index (χ0n) is 13.6. The minimum atomic E-state index is -0.513. The summed E-state index contributed by atoms with van der Waals surface area (Å²) in [4.78, 5) is 30.2. The van der Waals surface area contributed by atoms with Crippen LogP contribution in [0.4, 0.5) is 0 Å². The number of nitrogens with zero attached hydrogens (tertiary/aromatic N) is 1. The van der Waals surface area contributed by atoms with Crippen LogP contribution in [0.2, 0.25) is 4.34 Å². The molecule has 0 saturated heterocycles. The zero-order chi connectivity index (χ0) is 17.8. The van der Waals surface area contributed by atoms with E-state index in [1.807, 2.05) is 37.3 Å². The first kappa shape index (κ1) is 17.5. The van der Waals surface area contributed by atoms with Crippen LogP contribution in [0, 0.1) is 0 Å². The van der Waals surface area contributed by atoms with E-state index in [2.05, 4.69) is 4.98 Å². The van der Waals surface area contributed by atoms with Crippen molar-refractivity contribution in [3.8, 4) is 0 Å². The van der Waals surface area contributed by atoms with Gasteiger partial charge >= 0.3 is 5.97 Å². The van der Waals surface area contributed by atoms with Gasteiger partial charge in [-0.25, -0.2) is 4.79 Å². The number of likely N-dealkylation sites (N-methyl/N-ethyl adjacent to an activating group) is 1. The number of H-pyrrole nitrogens is 1. The third-order valence-electron chi connectivity index (χ3n) is 3.85. The number of carbonyl (C=O) groups excluding carboxylic acids is 2. The molecule has 0 aliphatic rings. The SMILES string of the molecule is CCN(Cc1ccc(Cl)s1)C(=O)COC(=O)c1c[nH]c2ccccc12. The van der Waals surface area contributed by atoms with Crippen LogP contribution >= 0.6 is 22.9 Å². The van der Waals surface area contributed by atoms with Crippen molar-refractivity contribution in [3.05, 3.63) is 57.4 Å². The van der Waals surface area contributed by atoms with Gasteiger partial charge in [-0.2, -0.15) is 0 Å². The lowest BCUT2D eigenvalue weighted by Crippen LogP contribution is -2.33. The summed E-state index contributed by atoms with van der Waals surface area (Å²) >= 11 is 7.35. The summed E-state index contributed by atoms with van der Waals surface area (Å²) < 4.78 is 5.89. The number of hydrogen-bond donors (Lipinski definition) is 1. The molecule has 7 heteroatoms. The Balaban J connectivity index is 1.61. The molecule has 0 radical (unpaired) electrons. The predicted molar refractivity (Wildman–Crippen MR) is 99.0 cm³/mol. The maximum absolute atomic E-state index is 12.3. The number of thiophene rings is 1. The minimum Gasteiger partial charge on any atom is -0.452 e. The first-order valence-electron chi connectivity index (χ1n) is 7.83. The largest absolute Gasteiger partial charge is 0.452 e. The molecular weight excluding hydrogens is 360 g/mol. The van der Waals surface area contributed by atoms with Crippen molar-refractivity contribution in [2.45, 2.75) is 13.5 Å². The van der Waals surface area contributed by atoms with E-state index in [4.69, 9.17) is 16.3 Å². The van der Waals surface area contributed by atoms with E-state index in [0.29, 0.717) is 23.0 Å². The molecule has 0 aliphatic heterocycles. The van der Waals surface area contributed by atoms with Crippen LogP contribution in [0.25, 0.3) is 10.9 Å². The molecule has 0 aliphatic carbocycles. The van der Waals surface area contributed by atoms with Crippen molar-refractivity contribution in [2.24, 2.45) is 0 Å². The molecule has 130 valence electrons. The third-order valence-corrected chi connectivity index (χ3v) is 5.06. The first-order valence-corrected chi connectivity index (χ1v) is 9.03. The highest BCUT2D eigenvalue weighted by Gasteiger charge is 2.18. The fourth-order valence-electron chi connectivity index (χ4n) is 2.54. The predicted octanol–water partition coefficient (Wildman–Crippen LogP) is 4.09. The van der Waals surface area contributed by atoms with Crippen molar-refractivity contribution >= 4 is 45.7 Å². The molecule has 2 aromatic heterocycles. The summed E-state index contributed by atoms with van der Waals surface area (Å²) in [5.74, 6) is -0.749. The number of ether oxygens (including phenoxy) is 1. The molecule has 0 unspecified atom stereocenters. The monoisotopic (exact) mass is 376 g/mol. The second-order valence-electron chi connectivity index (χ2n) is 5.44. The number of hydrogen-bond acceptors (Lipinski definition) is 4. The van der Waals surface area contributed by atoms with Crippen LogP contribution in [-0.4, -0.2) is 34.9 Å². The van der Waals surface area contributed by atoms with Crippen molar-refractivity contribution in [1.29, 1.82) is 0 Å². The van der Waals surface area contributed by atoms with Crippen molar-refractivity contribution < 1.29 is 14.3 Å². The molecule has 0 spiro atoms. The Morgan fingerprint density at radius 1 is 1.24 bits per heavy atom. The minimum absolute atomic E-state index is 0.236. The second kappa shape index (κ2) is 7.72. The van der Waals surface area contributed by atoms with Gasteiger partial charge in [-0.1, -0.05) is 29.8 Å². The van der Waals surface area contributed by atoms with Crippen LogP contribution in [0.3, 0.4) is 0 Å². The van der Waals surface area contributed by atoms with Crippen molar-refractivity contribution in [1.82, 2.24) is 9.88 Å². The summed E-state index contributed by atoms with van der Waals surface area (Å²) in [5.41, 5.74) is 1.28. The van der Waals surface area contributed by atoms with E-state index < -0.39 is 5.97 Å². The smallest absolute Gasteiger partial charge is 0.340 e. The fraction of sp³-hybridized carbons (Fsp3) is 0.222. The molecule has 0 fully saturated rings. The molecule has 1 N–H and O–H groups in total. The summed E-state index contributed by atoms with van der Waals surface area (Å²) in [7, 11) is 0. The quantitative estimate of drug-likeness (QED) is 0.659. The molecule has 0 bridgehead atoms. The average Bonchev–Trinajstić information content (AvgIpc) is 3.23. The number of halogens is 1. The molecule has 2 heterocycles. The van der Waals surface area contributed by atoms with E-state index in [-0.39, 0.29) is 12.5 Å². The lowest BCUT2D eigenvalue weighted by molar-refractivity contribution is -0.134. The van der Waals surface area contributed by atoms with E-state index in [1.54, 1.807) is 17.2 Å². The van der Waals surface area contributed by atoms with Gasteiger partial charge in [-0.15, -0.1) is 11.3 Å². The van der Waals surface area contributed by atoms with Gasteiger partial charge in [0.1, 0.15) is 0 Å². The van der Waals surface area contributed by atoms with Crippen LogP contribution < -0.4 is 0 Å². The van der Waals surface area contributed by atoms with Crippen LogP contribution in [-0.2, 0) is 16.1 Å². The maximum Gasteiger partial charge on any atom is 0.340 e. The van der Waals surface area contributed by atoms with E-state index in [0.717, 1.165) is 15.8 Å². The fourth-order valence-corrected chi connectivity index (χ4v) is 3.64. The number of aromatic amines is 1. The maximum atomic E-state index is 12.3. The normalized spacial score (nSPS) is 10.8. The molecule has 25 heavy (non-hydrogen) atoms. The van der Waals surface area contributed by atoms with Gasteiger partial charge in [0.05, 0.1) is 16.4 Å². The number of fused-ring (bicyclic) bond motifs is 1. The summed E-state index contributed by atoms with van der Waals surface area (Å²) in [6.07, 6.45) is 1.60. The average molecular weight is 377 g/mol. The van der Waals surface area contributed by atoms with Gasteiger partial charge in [0.15, 0.2) is 6.61 Å². The van der Waals surface area contributed by atoms with Gasteiger partial charge in [0.2, 0.25) is 0 Å². The van der Waals surface area contributed by atoms with Crippen LogP contribution in [0.5, 0.6) is 0 Å². The topological polar surface area (TPSA) is 62.4 Å². The van der Waals surface area contributed by atoms with Gasteiger partial charge in [-0.05, 0) is 25.1 Å². The standard InChI is InChI=1S/C18H17ClN2O3S/c1-2-21(10-12-7-8-16(19)25-12)17(22)11-24-18(23)14-9-20-15-6-4-3-5-13(14)15/h3-9,20H,2,10-11H2,1H3. The highest BCUT2D eigenvalue weighted by Crippen LogP contribution is 2.23. The molecule has 1 amide bonds. The number of carbonyl (C=O) groups is 2. The number of rotatable bonds is 6. The summed E-state index contributed by atoms with van der Waals surface area (Å²) in [6, 6.07) is 11.1. The van der Waals surface area contributed by atoms with Crippen LogP contribution in [0.15, 0.2) is 42.6 Å². The highest BCUT2D eigenvalue weighted by atomic mass is 35.5. The molecule has 0 saturated carbocycles. The number of amides is 1. The Kier molecular flexibility index (Phi) is 5.40. The lowest BCUT2D eigenvalue weighted by atomic mass is 10.2. The third kappa shape index (κ3) is 4.03. The zero-order valence-corrected chi connectivity index (χ0v) is 15.2. The number of aromatic nitrogens is 1. The van der Waals surface area contributed by atoms with Crippen molar-refractivity contribution in [2.75, 3.05) is 13.2 Å². The second-order valence-corrected chi connectivity index (χ2v) is 7.24. The Morgan fingerprint density at radius 2 is 2.04 bits per heavy atom. The molecular formula is C18H17ClN2O3S. The van der Waals surface area contributed by atoms with Gasteiger partial charge in [0.25, 0.3) is 5.91 Å². The molecule has 0 atom stereocenters. The highest BCUT2D eigenvalue weighted by molar-refractivity contribution is 7.16. The first-order chi connectivity index (χ1) is 12.1. The Morgan fingerprint density at radius 3 is 2.76 bits per heavy atom. The Labute approximate surface area is 154 Å². The number of esters is 1. The Bertz CT molecular complexity index is 903. The van der Waals surface area contributed by atoms with Crippen molar-refractivity contribution in [3.63, 3.8) is 0 Å². The van der Waals surface area contributed by atoms with Gasteiger partial charge in [0, 0.05) is 28.5 Å². The van der Waals surface area contributed by atoms with Crippen LogP contribution in [0.1, 0.15) is 22.2 Å². The van der Waals surface area contributed by atoms with E-state index in [1.165, 1.54) is 11.3 Å². The lowest BCUT2D eigenvalue weighted by Gasteiger charge is -2.19. The van der Waals surface area contributed by atoms with Gasteiger partial charge in [-0.3, -0.25) is 4.79 Å². The molecule has 5 nitrogen and oxygen atoms in total. The molecule has 3 aromatic rings. The number of benzene rings is 1. The molecule has 3 rings (SSSR count). The molecule has 1 aromatic carbocycles. The van der Waals surface area contributed by atoms with E-state index >= 15 is 0 Å². The number of para-hydroxylation sites is 1. The van der Waals surface area contributed by atoms with Gasteiger partial charge < -0.3 is 14.6 Å². The van der Waals surface area contributed by atoms with E-state index in [9.17, 15) is 9.59 Å². The number of nitrogens with one attached hydrogen (secondary N) is 1. The summed E-state index contributed by atoms with van der Waals surface area (Å²) in [5, 5.41) is 0.778. The summed E-state index contributed by atoms with van der Waals surface area (Å²) in [6.45, 7) is 2.58.